The van der Waals surface area contributed by atoms with Gasteiger partial charge in [0, 0.05) is 15.5 Å². The quantitative estimate of drug-likeness (QED) is 0.651. The molecule has 3 aromatic rings. The fourth-order valence-corrected chi connectivity index (χ4v) is 3.74. The standard InChI is InChI=1S/C18H14ClNO4S/c1-10-14(11-5-3-6-12(19)9-11)15(18(22)23-2)17(25-10)20-16(21)13-7-4-8-24-13/h3-9H,1-2H3,(H,20,21). The summed E-state index contributed by atoms with van der Waals surface area (Å²) in [6, 6.07) is 10.3. The minimum Gasteiger partial charge on any atom is -0.465 e. The van der Waals surface area contributed by atoms with Gasteiger partial charge in [-0.1, -0.05) is 23.7 Å². The minimum atomic E-state index is -0.533. The number of hydrogen-bond acceptors (Lipinski definition) is 5. The van der Waals surface area contributed by atoms with E-state index in [9.17, 15) is 9.59 Å². The largest absolute Gasteiger partial charge is 0.465 e. The lowest BCUT2D eigenvalue weighted by molar-refractivity contribution is 0.0603. The van der Waals surface area contributed by atoms with Crippen LogP contribution in [-0.2, 0) is 4.74 Å². The number of ether oxygens (including phenoxy) is 1. The van der Waals surface area contributed by atoms with E-state index >= 15 is 0 Å². The predicted octanol–water partition coefficient (Wildman–Crippen LogP) is 5.01. The number of aryl methyl sites for hydroxylation is 1. The van der Waals surface area contributed by atoms with Crippen LogP contribution in [0.5, 0.6) is 0 Å². The molecule has 0 unspecified atom stereocenters. The van der Waals surface area contributed by atoms with E-state index < -0.39 is 11.9 Å². The van der Waals surface area contributed by atoms with E-state index in [-0.39, 0.29) is 5.76 Å². The highest BCUT2D eigenvalue weighted by Crippen LogP contribution is 2.41. The third-order valence-corrected chi connectivity index (χ3v) is 4.81. The number of benzene rings is 1. The SMILES string of the molecule is COC(=O)c1c(NC(=O)c2ccco2)sc(C)c1-c1cccc(Cl)c1. The second kappa shape index (κ2) is 7.13. The van der Waals surface area contributed by atoms with Crippen LogP contribution < -0.4 is 5.32 Å². The van der Waals surface area contributed by atoms with Crippen LogP contribution in [-0.4, -0.2) is 19.0 Å². The Bertz CT molecular complexity index is 931. The molecular formula is C18H14ClNO4S. The van der Waals surface area contributed by atoms with Gasteiger partial charge in [-0.25, -0.2) is 4.79 Å². The van der Waals surface area contributed by atoms with Gasteiger partial charge >= 0.3 is 5.97 Å². The minimum absolute atomic E-state index is 0.158. The average Bonchev–Trinajstić information content (AvgIpc) is 3.22. The number of nitrogens with one attached hydrogen (secondary N) is 1. The zero-order chi connectivity index (χ0) is 18.0. The fraction of sp³-hybridized carbons (Fsp3) is 0.111. The van der Waals surface area contributed by atoms with Crippen molar-refractivity contribution < 1.29 is 18.7 Å². The monoisotopic (exact) mass is 375 g/mol. The highest BCUT2D eigenvalue weighted by atomic mass is 35.5. The van der Waals surface area contributed by atoms with Gasteiger partial charge in [0.1, 0.15) is 10.6 Å². The maximum atomic E-state index is 12.4. The predicted molar refractivity (Wildman–Crippen MR) is 97.5 cm³/mol. The maximum absolute atomic E-state index is 12.4. The third-order valence-electron chi connectivity index (χ3n) is 3.56. The summed E-state index contributed by atoms with van der Waals surface area (Å²) in [5.74, 6) is -0.811. The Labute approximate surface area is 153 Å². The summed E-state index contributed by atoms with van der Waals surface area (Å²) in [6.07, 6.45) is 1.41. The topological polar surface area (TPSA) is 68.5 Å². The molecule has 0 radical (unpaired) electrons. The second-order valence-corrected chi connectivity index (χ2v) is 6.83. The molecule has 2 heterocycles. The molecule has 0 spiro atoms. The molecular weight excluding hydrogens is 362 g/mol. The van der Waals surface area contributed by atoms with Gasteiger partial charge in [0.05, 0.1) is 13.4 Å². The van der Waals surface area contributed by atoms with Crippen LogP contribution in [0.2, 0.25) is 5.02 Å². The highest BCUT2D eigenvalue weighted by Gasteiger charge is 2.25. The molecule has 128 valence electrons. The Balaban J connectivity index is 2.09. The summed E-state index contributed by atoms with van der Waals surface area (Å²) in [4.78, 5) is 25.5. The number of amides is 1. The number of hydrogen-bond donors (Lipinski definition) is 1. The molecule has 25 heavy (non-hydrogen) atoms. The third kappa shape index (κ3) is 3.45. The summed E-state index contributed by atoms with van der Waals surface area (Å²) in [6.45, 7) is 1.87. The van der Waals surface area contributed by atoms with Crippen LogP contribution >= 0.6 is 22.9 Å². The number of thiophene rings is 1. The molecule has 2 aromatic heterocycles. The zero-order valence-corrected chi connectivity index (χ0v) is 15.0. The molecule has 7 heteroatoms. The highest BCUT2D eigenvalue weighted by molar-refractivity contribution is 7.17. The smallest absolute Gasteiger partial charge is 0.341 e. The summed E-state index contributed by atoms with van der Waals surface area (Å²) in [5, 5.41) is 3.68. The molecule has 0 aliphatic heterocycles. The van der Waals surface area contributed by atoms with Crippen LogP contribution in [0, 0.1) is 6.92 Å². The molecule has 0 atom stereocenters. The number of rotatable bonds is 4. The lowest BCUT2D eigenvalue weighted by Gasteiger charge is -2.08. The first-order valence-corrected chi connectivity index (χ1v) is 8.53. The fourth-order valence-electron chi connectivity index (χ4n) is 2.49. The van der Waals surface area contributed by atoms with Crippen molar-refractivity contribution in [1.82, 2.24) is 0 Å². The van der Waals surface area contributed by atoms with Gasteiger partial charge in [-0.15, -0.1) is 11.3 Å². The Morgan fingerprint density at radius 2 is 2.04 bits per heavy atom. The number of carbonyl (C=O) groups excluding carboxylic acids is 2. The van der Waals surface area contributed by atoms with Crippen molar-refractivity contribution in [2.75, 3.05) is 12.4 Å². The molecule has 5 nitrogen and oxygen atoms in total. The first kappa shape index (κ1) is 17.3. The molecule has 0 aliphatic carbocycles. The van der Waals surface area contributed by atoms with Gasteiger partial charge in [-0.05, 0) is 36.8 Å². The molecule has 0 fully saturated rings. The lowest BCUT2D eigenvalue weighted by atomic mass is 10.0. The number of halogens is 1. The summed E-state index contributed by atoms with van der Waals surface area (Å²) >= 11 is 7.37. The first-order chi connectivity index (χ1) is 12.0. The number of anilines is 1. The lowest BCUT2D eigenvalue weighted by Crippen LogP contribution is -2.13. The van der Waals surface area contributed by atoms with Crippen molar-refractivity contribution >= 4 is 39.8 Å². The van der Waals surface area contributed by atoms with Crippen molar-refractivity contribution in [3.05, 3.63) is 63.9 Å². The molecule has 1 N–H and O–H groups in total. The van der Waals surface area contributed by atoms with E-state index in [0.717, 1.165) is 10.4 Å². The number of furan rings is 1. The second-order valence-electron chi connectivity index (χ2n) is 5.17. The molecule has 1 aromatic carbocycles. The molecule has 3 rings (SSSR count). The van der Waals surface area contributed by atoms with Crippen LogP contribution in [0.1, 0.15) is 25.8 Å². The summed E-state index contributed by atoms with van der Waals surface area (Å²) in [7, 11) is 1.30. The number of methoxy groups -OCH3 is 1. The van der Waals surface area contributed by atoms with Gasteiger partial charge in [-0.2, -0.15) is 0 Å². The van der Waals surface area contributed by atoms with E-state index in [4.69, 9.17) is 20.8 Å². The Morgan fingerprint density at radius 3 is 2.68 bits per heavy atom. The van der Waals surface area contributed by atoms with Crippen molar-refractivity contribution in [1.29, 1.82) is 0 Å². The first-order valence-electron chi connectivity index (χ1n) is 7.33. The van der Waals surface area contributed by atoms with Crippen molar-refractivity contribution in [3.8, 4) is 11.1 Å². The maximum Gasteiger partial charge on any atom is 0.341 e. The normalized spacial score (nSPS) is 10.5. The van der Waals surface area contributed by atoms with Crippen LogP contribution in [0.3, 0.4) is 0 Å². The van der Waals surface area contributed by atoms with E-state index in [1.807, 2.05) is 13.0 Å². The summed E-state index contributed by atoms with van der Waals surface area (Å²) in [5.41, 5.74) is 1.77. The van der Waals surface area contributed by atoms with Gasteiger partial charge in [-0.3, -0.25) is 4.79 Å². The van der Waals surface area contributed by atoms with E-state index in [1.165, 1.54) is 24.7 Å². The Morgan fingerprint density at radius 1 is 1.24 bits per heavy atom. The van der Waals surface area contributed by atoms with Gasteiger partial charge in [0.2, 0.25) is 0 Å². The van der Waals surface area contributed by atoms with Crippen molar-refractivity contribution in [3.63, 3.8) is 0 Å². The number of carbonyl (C=O) groups is 2. The molecule has 0 bridgehead atoms. The average molecular weight is 376 g/mol. The summed E-state index contributed by atoms with van der Waals surface area (Å²) < 4.78 is 10.0. The van der Waals surface area contributed by atoms with Gasteiger partial charge < -0.3 is 14.5 Å². The zero-order valence-electron chi connectivity index (χ0n) is 13.5. The Kier molecular flexibility index (Phi) is 4.92. The van der Waals surface area contributed by atoms with Crippen LogP contribution in [0.25, 0.3) is 11.1 Å². The molecule has 0 saturated heterocycles. The van der Waals surface area contributed by atoms with E-state index in [0.29, 0.717) is 21.2 Å². The van der Waals surface area contributed by atoms with Crippen LogP contribution in [0.15, 0.2) is 47.1 Å². The molecule has 1 amide bonds. The van der Waals surface area contributed by atoms with E-state index in [1.54, 1.807) is 30.3 Å². The van der Waals surface area contributed by atoms with E-state index in [2.05, 4.69) is 5.32 Å². The van der Waals surface area contributed by atoms with Gasteiger partial charge in [0.15, 0.2) is 5.76 Å². The Hall–Kier alpha value is -2.57. The molecule has 0 saturated carbocycles. The number of esters is 1. The van der Waals surface area contributed by atoms with Crippen molar-refractivity contribution in [2.45, 2.75) is 6.92 Å². The van der Waals surface area contributed by atoms with Gasteiger partial charge in [0.25, 0.3) is 5.91 Å². The van der Waals surface area contributed by atoms with Crippen molar-refractivity contribution in [2.24, 2.45) is 0 Å². The van der Waals surface area contributed by atoms with Crippen LogP contribution in [0.4, 0.5) is 5.00 Å². The molecule has 0 aliphatic rings.